The summed E-state index contributed by atoms with van der Waals surface area (Å²) in [5, 5.41) is 1.96. The first-order chi connectivity index (χ1) is 12.0. The second-order valence-electron chi connectivity index (χ2n) is 5.41. The molecule has 0 fully saturated rings. The summed E-state index contributed by atoms with van der Waals surface area (Å²) >= 11 is 1.75. The van der Waals surface area contributed by atoms with Gasteiger partial charge >= 0.3 is 0 Å². The number of hydrogen-bond donors (Lipinski definition) is 1. The molecule has 0 radical (unpaired) electrons. The van der Waals surface area contributed by atoms with Crippen LogP contribution in [0.5, 0.6) is 0 Å². The molecule has 1 aromatic rings. The molecule has 0 heterocycles. The van der Waals surface area contributed by atoms with E-state index in [1.54, 1.807) is 30.4 Å². The summed E-state index contributed by atoms with van der Waals surface area (Å²) in [5.74, 6) is 1.05. The van der Waals surface area contributed by atoms with E-state index in [4.69, 9.17) is 5.73 Å². The van der Waals surface area contributed by atoms with Crippen molar-refractivity contribution < 1.29 is 0 Å². The number of thioether (sulfide) groups is 1. The van der Waals surface area contributed by atoms with Crippen LogP contribution in [0, 0.1) is 13.8 Å². The number of nitrogens with two attached hydrogens (primary N) is 1. The van der Waals surface area contributed by atoms with Gasteiger partial charge in [0, 0.05) is 36.6 Å². The predicted octanol–water partition coefficient (Wildman–Crippen LogP) is 5.01. The highest BCUT2D eigenvalue weighted by Gasteiger charge is 2.01. The lowest BCUT2D eigenvalue weighted by Crippen LogP contribution is -1.97. The summed E-state index contributed by atoms with van der Waals surface area (Å²) in [6.07, 6.45) is 6.23. The Morgan fingerprint density at radius 1 is 1.20 bits per heavy atom. The Balaban J connectivity index is 0.000000547. The lowest BCUT2D eigenvalue weighted by Gasteiger charge is -2.08. The minimum absolute atomic E-state index is 0.822. The summed E-state index contributed by atoms with van der Waals surface area (Å²) < 4.78 is 0. The van der Waals surface area contributed by atoms with Crippen LogP contribution in [0.4, 0.5) is 5.69 Å². The van der Waals surface area contributed by atoms with Gasteiger partial charge < -0.3 is 5.73 Å². The third-order valence-electron chi connectivity index (χ3n) is 3.25. The van der Waals surface area contributed by atoms with Crippen LogP contribution in [0.3, 0.4) is 0 Å². The molecular weight excluding hydrogens is 328 g/mol. The van der Waals surface area contributed by atoms with E-state index in [0.29, 0.717) is 0 Å². The van der Waals surface area contributed by atoms with Crippen LogP contribution in [0.1, 0.15) is 30.5 Å². The van der Waals surface area contributed by atoms with Crippen molar-refractivity contribution >= 4 is 37.1 Å². The summed E-state index contributed by atoms with van der Waals surface area (Å²) in [7, 11) is 0. The maximum absolute atomic E-state index is 5.85. The van der Waals surface area contributed by atoms with Crippen molar-refractivity contribution in [3.8, 4) is 0 Å². The maximum atomic E-state index is 5.85. The molecule has 1 aromatic carbocycles. The molecule has 0 aliphatic rings. The number of hydrogen-bond acceptors (Lipinski definition) is 5. The molecule has 0 spiro atoms. The molecule has 0 aliphatic carbocycles. The SMILES string of the molecule is C=N/C=C(/C)C=NCC.C=N/C=C\SCCc1cc(C)c(N)cc1C. The quantitative estimate of drug-likeness (QED) is 0.403. The van der Waals surface area contributed by atoms with E-state index in [-0.39, 0.29) is 0 Å². The van der Waals surface area contributed by atoms with E-state index in [0.717, 1.165) is 35.5 Å². The van der Waals surface area contributed by atoms with Crippen LogP contribution in [-0.2, 0) is 6.42 Å². The molecule has 0 saturated carbocycles. The van der Waals surface area contributed by atoms with Crippen LogP contribution in [0.2, 0.25) is 0 Å². The Morgan fingerprint density at radius 2 is 1.92 bits per heavy atom. The van der Waals surface area contributed by atoms with Crippen molar-refractivity contribution in [2.24, 2.45) is 15.0 Å². The molecule has 136 valence electrons. The number of rotatable bonds is 8. The fourth-order valence-corrected chi connectivity index (χ4v) is 2.55. The number of allylic oxidation sites excluding steroid dienone is 1. The summed E-state index contributed by atoms with van der Waals surface area (Å²) in [6.45, 7) is 15.6. The molecule has 0 unspecified atom stereocenters. The van der Waals surface area contributed by atoms with Crippen molar-refractivity contribution in [3.05, 3.63) is 52.2 Å². The van der Waals surface area contributed by atoms with Gasteiger partial charge in [-0.25, -0.2) is 0 Å². The zero-order valence-electron chi connectivity index (χ0n) is 15.8. The van der Waals surface area contributed by atoms with Gasteiger partial charge in [-0.1, -0.05) is 6.07 Å². The van der Waals surface area contributed by atoms with Crippen molar-refractivity contribution in [2.75, 3.05) is 18.0 Å². The second-order valence-corrected chi connectivity index (χ2v) is 6.42. The number of benzene rings is 1. The van der Waals surface area contributed by atoms with Crippen LogP contribution < -0.4 is 5.73 Å². The maximum Gasteiger partial charge on any atom is 0.0361 e. The van der Waals surface area contributed by atoms with E-state index in [9.17, 15) is 0 Å². The number of anilines is 1. The fourth-order valence-electron chi connectivity index (χ4n) is 1.90. The minimum atomic E-state index is 0.822. The monoisotopic (exact) mass is 358 g/mol. The molecule has 1 rings (SSSR count). The Labute approximate surface area is 156 Å². The fraction of sp³-hybridized carbons (Fsp3) is 0.350. The summed E-state index contributed by atoms with van der Waals surface area (Å²) in [5.41, 5.74) is 11.6. The van der Waals surface area contributed by atoms with Gasteiger partial charge in [0.05, 0.1) is 0 Å². The number of nitrogens with zero attached hydrogens (tertiary/aromatic N) is 3. The highest BCUT2D eigenvalue weighted by Crippen LogP contribution is 2.19. The highest BCUT2D eigenvalue weighted by molar-refractivity contribution is 8.02. The van der Waals surface area contributed by atoms with Gasteiger partial charge in [0.15, 0.2) is 0 Å². The van der Waals surface area contributed by atoms with Gasteiger partial charge in [-0.2, -0.15) is 0 Å². The number of nitrogen functional groups attached to an aromatic ring is 1. The van der Waals surface area contributed by atoms with Crippen LogP contribution in [0.25, 0.3) is 0 Å². The largest absolute Gasteiger partial charge is 0.399 e. The normalized spacial score (nSPS) is 11.4. The van der Waals surface area contributed by atoms with Gasteiger partial charge in [-0.15, -0.1) is 11.8 Å². The van der Waals surface area contributed by atoms with Gasteiger partial charge in [-0.05, 0) is 81.3 Å². The first-order valence-corrected chi connectivity index (χ1v) is 9.21. The summed E-state index contributed by atoms with van der Waals surface area (Å²) in [4.78, 5) is 11.3. The number of aryl methyl sites for hydroxylation is 3. The average molecular weight is 359 g/mol. The van der Waals surface area contributed by atoms with E-state index in [1.165, 1.54) is 11.1 Å². The van der Waals surface area contributed by atoms with Crippen molar-refractivity contribution in [3.63, 3.8) is 0 Å². The van der Waals surface area contributed by atoms with Gasteiger partial charge in [0.25, 0.3) is 0 Å². The molecule has 2 N–H and O–H groups in total. The highest BCUT2D eigenvalue weighted by atomic mass is 32.2. The Hall–Kier alpha value is -2.14. The first kappa shape index (κ1) is 22.9. The van der Waals surface area contributed by atoms with Crippen LogP contribution in [-0.4, -0.2) is 31.9 Å². The van der Waals surface area contributed by atoms with Gasteiger partial charge in [-0.3, -0.25) is 15.0 Å². The van der Waals surface area contributed by atoms with E-state index < -0.39 is 0 Å². The molecule has 0 saturated heterocycles. The predicted molar refractivity (Wildman–Crippen MR) is 118 cm³/mol. The zero-order chi connectivity index (χ0) is 19.1. The third kappa shape index (κ3) is 11.1. The Morgan fingerprint density at radius 3 is 2.52 bits per heavy atom. The van der Waals surface area contributed by atoms with E-state index in [1.807, 2.05) is 26.2 Å². The molecule has 5 heteroatoms. The lowest BCUT2D eigenvalue weighted by atomic mass is 10.0. The smallest absolute Gasteiger partial charge is 0.0361 e. The van der Waals surface area contributed by atoms with Crippen LogP contribution in [0.15, 0.2) is 50.5 Å². The van der Waals surface area contributed by atoms with E-state index >= 15 is 0 Å². The zero-order valence-corrected chi connectivity index (χ0v) is 16.6. The first-order valence-electron chi connectivity index (χ1n) is 8.16. The van der Waals surface area contributed by atoms with Crippen LogP contribution >= 0.6 is 11.8 Å². The van der Waals surface area contributed by atoms with Crippen molar-refractivity contribution in [2.45, 2.75) is 34.1 Å². The van der Waals surface area contributed by atoms with Crippen molar-refractivity contribution in [1.29, 1.82) is 0 Å². The molecule has 0 aliphatic heterocycles. The Bertz CT molecular complexity index is 631. The molecule has 25 heavy (non-hydrogen) atoms. The third-order valence-corrected chi connectivity index (χ3v) is 4.00. The number of aliphatic imine (C=N–C) groups is 3. The minimum Gasteiger partial charge on any atom is -0.399 e. The molecule has 4 nitrogen and oxygen atoms in total. The Kier molecular flexibility index (Phi) is 13.0. The molecule has 0 amide bonds. The topological polar surface area (TPSA) is 63.1 Å². The van der Waals surface area contributed by atoms with Gasteiger partial charge in [0.2, 0.25) is 0 Å². The van der Waals surface area contributed by atoms with E-state index in [2.05, 4.69) is 47.5 Å². The molecule has 0 atom stereocenters. The average Bonchev–Trinajstić information content (AvgIpc) is 2.58. The van der Waals surface area contributed by atoms with Gasteiger partial charge in [0.1, 0.15) is 0 Å². The molecule has 0 bridgehead atoms. The standard InChI is InChI=1S/C13H18N2S.C7H12N2/c1-10-9-13(14)11(2)8-12(10)4-6-16-7-5-15-3;1-4-9-6-7(2)5-8-3/h5,7-9H,3-4,6,14H2,1-2H3;5-6H,3-4H2,1-2H3/b7-5-;7-5-,9-6?. The van der Waals surface area contributed by atoms with Crippen molar-refractivity contribution in [1.82, 2.24) is 0 Å². The molecule has 0 aromatic heterocycles. The summed E-state index contributed by atoms with van der Waals surface area (Å²) in [6, 6.07) is 4.23. The lowest BCUT2D eigenvalue weighted by molar-refractivity contribution is 1.12. The second kappa shape index (κ2) is 14.2. The molecular formula is C20H30N4S.